The van der Waals surface area contributed by atoms with Crippen LogP contribution in [0.1, 0.15) is 36.6 Å². The van der Waals surface area contributed by atoms with E-state index >= 15 is 0 Å². The van der Waals surface area contributed by atoms with Crippen molar-refractivity contribution in [2.75, 3.05) is 6.61 Å². The summed E-state index contributed by atoms with van der Waals surface area (Å²) in [6.07, 6.45) is 0.720. The van der Waals surface area contributed by atoms with E-state index in [1.807, 2.05) is 0 Å². The summed E-state index contributed by atoms with van der Waals surface area (Å²) >= 11 is 0. The fourth-order valence-electron chi connectivity index (χ4n) is 3.37. The van der Waals surface area contributed by atoms with Gasteiger partial charge >= 0.3 is 5.97 Å². The highest BCUT2D eigenvalue weighted by atomic mass is 28.3. The van der Waals surface area contributed by atoms with Crippen LogP contribution in [0.5, 0.6) is 0 Å². The monoisotopic (exact) mass is 423 g/mol. The largest absolute Gasteiger partial charge is 0.464 e. The number of rotatable bonds is 8. The van der Waals surface area contributed by atoms with Crippen molar-refractivity contribution in [2.24, 2.45) is 0 Å². The Morgan fingerprint density at radius 3 is 2.13 bits per heavy atom. The average molecular weight is 424 g/mol. The molecule has 156 valence electrons. The summed E-state index contributed by atoms with van der Waals surface area (Å²) in [5, 5.41) is 0. The first kappa shape index (κ1) is 21.6. The lowest BCUT2D eigenvalue weighted by Crippen LogP contribution is -2.47. The van der Waals surface area contributed by atoms with Gasteiger partial charge in [0.15, 0.2) is 0 Å². The van der Waals surface area contributed by atoms with E-state index in [1.165, 1.54) is 0 Å². The second kappa shape index (κ2) is 8.75. The molecule has 3 rings (SSSR count). The lowest BCUT2D eigenvalue weighted by Gasteiger charge is -2.26. The Bertz CT molecular complexity index is 960. The maximum absolute atomic E-state index is 13.0. The molecule has 1 aliphatic heterocycles. The van der Waals surface area contributed by atoms with E-state index in [9.17, 15) is 19.2 Å². The number of hydrogen-bond acceptors (Lipinski definition) is 5. The van der Waals surface area contributed by atoms with Crippen molar-refractivity contribution in [2.45, 2.75) is 38.1 Å². The third-order valence-corrected chi connectivity index (χ3v) is 6.81. The summed E-state index contributed by atoms with van der Waals surface area (Å²) in [5.41, 5.74) is 1.53. The van der Waals surface area contributed by atoms with Crippen LogP contribution in [0.2, 0.25) is 25.7 Å². The molecular formula is C23H25NO5Si. The molecule has 0 aliphatic carbocycles. The highest BCUT2D eigenvalue weighted by Gasteiger charge is 2.43. The van der Waals surface area contributed by atoms with E-state index in [0.29, 0.717) is 17.4 Å². The van der Waals surface area contributed by atoms with Crippen LogP contribution in [-0.2, 0) is 16.0 Å². The van der Waals surface area contributed by atoms with E-state index in [2.05, 4.69) is 19.6 Å². The predicted octanol–water partition coefficient (Wildman–Crippen LogP) is 3.59. The standard InChI is InChI=1S/C23H25NO5Si/c1-30(2,3)13-12-29-23(28)20(14-16-8-4-5-9-17(16)15-25)24-21(26)18-10-6-7-11-19(18)22(24)27/h4-11,15,20H,12-14H2,1-3H3. The first-order valence-electron chi connectivity index (χ1n) is 9.89. The van der Waals surface area contributed by atoms with Gasteiger partial charge in [-0.15, -0.1) is 0 Å². The van der Waals surface area contributed by atoms with Crippen molar-refractivity contribution in [1.82, 2.24) is 4.90 Å². The summed E-state index contributed by atoms with van der Waals surface area (Å²) in [7, 11) is -1.43. The molecule has 0 bridgehead atoms. The Morgan fingerprint density at radius 2 is 1.57 bits per heavy atom. The molecule has 6 nitrogen and oxygen atoms in total. The molecule has 2 aromatic carbocycles. The van der Waals surface area contributed by atoms with Crippen LogP contribution in [0.15, 0.2) is 48.5 Å². The average Bonchev–Trinajstić information content (AvgIpc) is 2.96. The molecule has 7 heteroatoms. The number of carbonyl (C=O) groups excluding carboxylic acids is 4. The van der Waals surface area contributed by atoms with Gasteiger partial charge in [-0.05, 0) is 23.7 Å². The zero-order chi connectivity index (χ0) is 21.9. The van der Waals surface area contributed by atoms with Gasteiger partial charge in [-0.2, -0.15) is 0 Å². The van der Waals surface area contributed by atoms with Crippen molar-refractivity contribution in [3.63, 3.8) is 0 Å². The minimum absolute atomic E-state index is 0.0200. The molecule has 1 aliphatic rings. The van der Waals surface area contributed by atoms with Gasteiger partial charge < -0.3 is 4.74 Å². The third kappa shape index (κ3) is 4.57. The van der Waals surface area contributed by atoms with Crippen molar-refractivity contribution in [3.05, 3.63) is 70.8 Å². The molecular weight excluding hydrogens is 398 g/mol. The van der Waals surface area contributed by atoms with Crippen LogP contribution in [0.4, 0.5) is 0 Å². The van der Waals surface area contributed by atoms with Gasteiger partial charge in [0.05, 0.1) is 17.7 Å². The molecule has 0 N–H and O–H groups in total. The summed E-state index contributed by atoms with van der Waals surface area (Å²) in [6, 6.07) is 13.0. The SMILES string of the molecule is C[Si](C)(C)CCOC(=O)C(Cc1ccccc1C=O)N1C(=O)c2ccccc2C1=O. The molecule has 1 unspecified atom stereocenters. The number of nitrogens with zero attached hydrogens (tertiary/aromatic N) is 1. The molecule has 0 radical (unpaired) electrons. The van der Waals surface area contributed by atoms with E-state index in [1.54, 1.807) is 48.5 Å². The topological polar surface area (TPSA) is 80.8 Å². The van der Waals surface area contributed by atoms with E-state index in [-0.39, 0.29) is 24.2 Å². The zero-order valence-corrected chi connectivity index (χ0v) is 18.4. The van der Waals surface area contributed by atoms with E-state index < -0.39 is 31.9 Å². The lowest BCUT2D eigenvalue weighted by molar-refractivity contribution is -0.147. The first-order valence-corrected chi connectivity index (χ1v) is 13.6. The number of benzene rings is 2. The maximum Gasteiger partial charge on any atom is 0.329 e. The van der Waals surface area contributed by atoms with Gasteiger partial charge in [-0.1, -0.05) is 56.0 Å². The second-order valence-electron chi connectivity index (χ2n) is 8.54. The molecule has 0 saturated heterocycles. The van der Waals surface area contributed by atoms with Crippen LogP contribution in [0.25, 0.3) is 0 Å². The number of amides is 2. The lowest BCUT2D eigenvalue weighted by atomic mass is 10.00. The fourth-order valence-corrected chi connectivity index (χ4v) is 4.08. The summed E-state index contributed by atoms with van der Waals surface area (Å²) in [4.78, 5) is 51.4. The van der Waals surface area contributed by atoms with Crippen molar-refractivity contribution >= 4 is 32.1 Å². The van der Waals surface area contributed by atoms with Gasteiger partial charge in [0.2, 0.25) is 0 Å². The molecule has 1 atom stereocenters. The number of aldehydes is 1. The van der Waals surface area contributed by atoms with Crippen molar-refractivity contribution < 1.29 is 23.9 Å². The Kier molecular flexibility index (Phi) is 6.31. The maximum atomic E-state index is 13.0. The Balaban J connectivity index is 1.92. The van der Waals surface area contributed by atoms with Crippen LogP contribution in [0, 0.1) is 0 Å². The highest BCUT2D eigenvalue weighted by molar-refractivity contribution is 6.76. The Hall–Kier alpha value is -3.06. The van der Waals surface area contributed by atoms with E-state index in [4.69, 9.17) is 4.74 Å². The number of carbonyl (C=O) groups is 4. The molecule has 2 aromatic rings. The smallest absolute Gasteiger partial charge is 0.329 e. The van der Waals surface area contributed by atoms with Crippen LogP contribution >= 0.6 is 0 Å². The minimum Gasteiger partial charge on any atom is -0.464 e. The highest BCUT2D eigenvalue weighted by Crippen LogP contribution is 2.27. The normalized spacial score (nSPS) is 14.4. The number of fused-ring (bicyclic) bond motifs is 1. The minimum atomic E-state index is -1.43. The van der Waals surface area contributed by atoms with Gasteiger partial charge in [0, 0.05) is 20.1 Å². The molecule has 30 heavy (non-hydrogen) atoms. The van der Waals surface area contributed by atoms with Crippen LogP contribution in [0.3, 0.4) is 0 Å². The fraction of sp³-hybridized carbons (Fsp3) is 0.304. The van der Waals surface area contributed by atoms with Gasteiger partial charge in [-0.3, -0.25) is 19.3 Å². The quantitative estimate of drug-likeness (QED) is 0.281. The third-order valence-electron chi connectivity index (χ3n) is 5.10. The number of ether oxygens (including phenoxy) is 1. The number of imide groups is 1. The number of esters is 1. The van der Waals surface area contributed by atoms with Gasteiger partial charge in [-0.25, -0.2) is 4.79 Å². The number of hydrogen-bond donors (Lipinski definition) is 0. The summed E-state index contributed by atoms with van der Waals surface area (Å²) < 4.78 is 5.50. The molecule has 2 amide bonds. The molecule has 0 aromatic heterocycles. The van der Waals surface area contributed by atoms with Crippen molar-refractivity contribution in [1.29, 1.82) is 0 Å². The van der Waals surface area contributed by atoms with Crippen LogP contribution in [-0.4, -0.2) is 49.7 Å². The van der Waals surface area contributed by atoms with Crippen molar-refractivity contribution in [3.8, 4) is 0 Å². The van der Waals surface area contributed by atoms with Gasteiger partial charge in [0.25, 0.3) is 11.8 Å². The van der Waals surface area contributed by atoms with Crippen LogP contribution < -0.4 is 0 Å². The molecule has 1 heterocycles. The molecule has 0 spiro atoms. The van der Waals surface area contributed by atoms with Gasteiger partial charge in [0.1, 0.15) is 12.3 Å². The summed E-state index contributed by atoms with van der Waals surface area (Å²) in [5.74, 6) is -1.68. The Labute approximate surface area is 176 Å². The summed E-state index contributed by atoms with van der Waals surface area (Å²) in [6.45, 7) is 6.75. The first-order chi connectivity index (χ1) is 14.2. The molecule has 0 fully saturated rings. The van der Waals surface area contributed by atoms with E-state index in [0.717, 1.165) is 10.9 Å². The zero-order valence-electron chi connectivity index (χ0n) is 17.4. The second-order valence-corrected chi connectivity index (χ2v) is 14.2. The Morgan fingerprint density at radius 1 is 1.00 bits per heavy atom. The predicted molar refractivity (Wildman–Crippen MR) is 115 cm³/mol. The molecule has 0 saturated carbocycles.